The van der Waals surface area contributed by atoms with Crippen LogP contribution in [0.5, 0.6) is 0 Å². The van der Waals surface area contributed by atoms with Gasteiger partial charge in [0.1, 0.15) is 5.82 Å². The van der Waals surface area contributed by atoms with Gasteiger partial charge < -0.3 is 11.5 Å². The maximum atomic E-state index is 8.97. The minimum absolute atomic E-state index is 0.235. The number of fused-ring (bicyclic) bond motifs is 1. The van der Waals surface area contributed by atoms with Crippen LogP contribution in [0.4, 0.5) is 11.4 Å². The third-order valence-corrected chi connectivity index (χ3v) is 3.20. The second kappa shape index (κ2) is 4.59. The topological polar surface area (TPSA) is 93.6 Å². The Hall–Kier alpha value is -3.00. The predicted octanol–water partition coefficient (Wildman–Crippen LogP) is 2.26. The van der Waals surface area contributed by atoms with Gasteiger partial charge in [0.15, 0.2) is 0 Å². The van der Waals surface area contributed by atoms with Crippen LogP contribution in [0.15, 0.2) is 42.5 Å². The average molecular weight is 263 g/mol. The minimum atomic E-state index is 0.235. The number of para-hydroxylation sites is 2. The fraction of sp³-hybridized carbons (Fsp3) is 0.0667. The van der Waals surface area contributed by atoms with E-state index >= 15 is 0 Å². The molecule has 0 radical (unpaired) electrons. The number of nitrogens with two attached hydrogens (primary N) is 2. The Balaban J connectivity index is 2.30. The van der Waals surface area contributed by atoms with Crippen LogP contribution < -0.4 is 11.5 Å². The Morgan fingerprint density at radius 2 is 1.90 bits per heavy atom. The first kappa shape index (κ1) is 12.1. The second-order valence-corrected chi connectivity index (χ2v) is 4.50. The van der Waals surface area contributed by atoms with E-state index < -0.39 is 0 Å². The molecule has 0 saturated carbocycles. The SMILES string of the molecule is N#CCc1nc2ccccc2n1-c1ccc(N)c(N)c1. The van der Waals surface area contributed by atoms with Crippen molar-refractivity contribution in [2.24, 2.45) is 0 Å². The number of anilines is 2. The fourth-order valence-corrected chi connectivity index (χ4v) is 2.25. The number of hydrogen-bond donors (Lipinski definition) is 2. The standard InChI is InChI=1S/C15H13N5/c16-8-7-15-19-13-3-1-2-4-14(13)20(15)10-5-6-11(17)12(18)9-10/h1-6,9H,7,17-18H2. The van der Waals surface area contributed by atoms with Crippen molar-refractivity contribution in [1.82, 2.24) is 9.55 Å². The molecule has 0 fully saturated rings. The number of rotatable bonds is 2. The van der Waals surface area contributed by atoms with E-state index in [-0.39, 0.29) is 6.42 Å². The number of nitrogen functional groups attached to an aromatic ring is 2. The van der Waals surface area contributed by atoms with Crippen molar-refractivity contribution >= 4 is 22.4 Å². The maximum absolute atomic E-state index is 8.97. The van der Waals surface area contributed by atoms with Crippen LogP contribution in [-0.4, -0.2) is 9.55 Å². The van der Waals surface area contributed by atoms with Gasteiger partial charge in [-0.25, -0.2) is 4.98 Å². The van der Waals surface area contributed by atoms with Gasteiger partial charge in [-0.05, 0) is 30.3 Å². The summed E-state index contributed by atoms with van der Waals surface area (Å²) in [5.41, 5.74) is 15.3. The Labute approximate surface area is 116 Å². The van der Waals surface area contributed by atoms with Gasteiger partial charge in [-0.1, -0.05) is 12.1 Å². The normalized spacial score (nSPS) is 10.6. The molecular weight excluding hydrogens is 250 g/mol. The zero-order chi connectivity index (χ0) is 14.1. The Morgan fingerprint density at radius 1 is 1.10 bits per heavy atom. The number of aromatic nitrogens is 2. The lowest BCUT2D eigenvalue weighted by molar-refractivity contribution is 0.955. The number of benzene rings is 2. The van der Waals surface area contributed by atoms with Crippen molar-refractivity contribution in [3.8, 4) is 11.8 Å². The molecule has 5 heteroatoms. The predicted molar refractivity (Wildman–Crippen MR) is 79.2 cm³/mol. The zero-order valence-corrected chi connectivity index (χ0v) is 10.7. The van der Waals surface area contributed by atoms with Gasteiger partial charge in [0.25, 0.3) is 0 Å². The van der Waals surface area contributed by atoms with Gasteiger partial charge in [-0.15, -0.1) is 0 Å². The molecule has 4 N–H and O–H groups in total. The van der Waals surface area contributed by atoms with Gasteiger partial charge in [0, 0.05) is 5.69 Å². The Morgan fingerprint density at radius 3 is 2.65 bits per heavy atom. The van der Waals surface area contributed by atoms with E-state index in [4.69, 9.17) is 16.7 Å². The molecule has 2 aromatic carbocycles. The molecule has 1 aromatic heterocycles. The third kappa shape index (κ3) is 1.84. The largest absolute Gasteiger partial charge is 0.397 e. The molecule has 20 heavy (non-hydrogen) atoms. The molecule has 0 aliphatic heterocycles. The minimum Gasteiger partial charge on any atom is -0.397 e. The van der Waals surface area contributed by atoms with Crippen LogP contribution >= 0.6 is 0 Å². The van der Waals surface area contributed by atoms with E-state index in [0.29, 0.717) is 17.2 Å². The number of nitriles is 1. The summed E-state index contributed by atoms with van der Waals surface area (Å²) in [7, 11) is 0. The van der Waals surface area contributed by atoms with Crippen LogP contribution in [0.2, 0.25) is 0 Å². The van der Waals surface area contributed by atoms with Gasteiger partial charge >= 0.3 is 0 Å². The van der Waals surface area contributed by atoms with Crippen molar-refractivity contribution in [2.75, 3.05) is 11.5 Å². The van der Waals surface area contributed by atoms with Crippen molar-refractivity contribution in [3.05, 3.63) is 48.3 Å². The highest BCUT2D eigenvalue weighted by Crippen LogP contribution is 2.25. The number of imidazole rings is 1. The number of hydrogen-bond acceptors (Lipinski definition) is 4. The fourth-order valence-electron chi connectivity index (χ4n) is 2.25. The highest BCUT2D eigenvalue weighted by molar-refractivity contribution is 5.79. The molecule has 0 amide bonds. The molecule has 0 aliphatic carbocycles. The highest BCUT2D eigenvalue weighted by Gasteiger charge is 2.12. The molecule has 5 nitrogen and oxygen atoms in total. The van der Waals surface area contributed by atoms with Gasteiger partial charge in [0.05, 0.1) is 34.9 Å². The van der Waals surface area contributed by atoms with Crippen LogP contribution in [0, 0.1) is 11.3 Å². The first-order valence-corrected chi connectivity index (χ1v) is 6.19. The van der Waals surface area contributed by atoms with E-state index in [1.807, 2.05) is 34.9 Å². The molecule has 98 valence electrons. The van der Waals surface area contributed by atoms with E-state index in [1.54, 1.807) is 12.1 Å². The Bertz CT molecular complexity index is 826. The van der Waals surface area contributed by atoms with Crippen molar-refractivity contribution in [2.45, 2.75) is 6.42 Å². The highest BCUT2D eigenvalue weighted by atomic mass is 15.1. The molecule has 3 aromatic rings. The molecule has 3 rings (SSSR count). The maximum Gasteiger partial charge on any atom is 0.128 e. The summed E-state index contributed by atoms with van der Waals surface area (Å²) in [5.74, 6) is 0.692. The number of nitrogens with zero attached hydrogens (tertiary/aromatic N) is 3. The van der Waals surface area contributed by atoms with Crippen LogP contribution in [0.25, 0.3) is 16.7 Å². The van der Waals surface area contributed by atoms with Gasteiger partial charge in [-0.3, -0.25) is 4.57 Å². The first-order valence-electron chi connectivity index (χ1n) is 6.19. The van der Waals surface area contributed by atoms with Crippen LogP contribution in [0.1, 0.15) is 5.82 Å². The monoisotopic (exact) mass is 263 g/mol. The Kier molecular flexibility index (Phi) is 2.77. The summed E-state index contributed by atoms with van der Waals surface area (Å²) in [5, 5.41) is 8.97. The zero-order valence-electron chi connectivity index (χ0n) is 10.7. The van der Waals surface area contributed by atoms with E-state index in [2.05, 4.69) is 11.1 Å². The molecule has 0 atom stereocenters. The molecule has 0 saturated heterocycles. The lowest BCUT2D eigenvalue weighted by Crippen LogP contribution is -2.03. The molecule has 0 bridgehead atoms. The van der Waals surface area contributed by atoms with Crippen molar-refractivity contribution in [3.63, 3.8) is 0 Å². The van der Waals surface area contributed by atoms with Crippen molar-refractivity contribution < 1.29 is 0 Å². The van der Waals surface area contributed by atoms with E-state index in [0.717, 1.165) is 16.7 Å². The first-order chi connectivity index (χ1) is 9.70. The summed E-state index contributed by atoms with van der Waals surface area (Å²) in [6, 6.07) is 15.3. The average Bonchev–Trinajstić information content (AvgIpc) is 2.80. The summed E-state index contributed by atoms with van der Waals surface area (Å²) in [6.07, 6.45) is 0.235. The molecular formula is C15H13N5. The summed E-state index contributed by atoms with van der Waals surface area (Å²) in [4.78, 5) is 4.50. The summed E-state index contributed by atoms with van der Waals surface area (Å²) in [6.45, 7) is 0. The molecule has 1 heterocycles. The van der Waals surface area contributed by atoms with Crippen LogP contribution in [0.3, 0.4) is 0 Å². The van der Waals surface area contributed by atoms with E-state index in [9.17, 15) is 0 Å². The van der Waals surface area contributed by atoms with Gasteiger partial charge in [0.2, 0.25) is 0 Å². The lowest BCUT2D eigenvalue weighted by atomic mass is 10.2. The molecule has 0 unspecified atom stereocenters. The summed E-state index contributed by atoms with van der Waals surface area (Å²) >= 11 is 0. The lowest BCUT2D eigenvalue weighted by Gasteiger charge is -2.09. The van der Waals surface area contributed by atoms with E-state index in [1.165, 1.54) is 0 Å². The molecule has 0 aliphatic rings. The van der Waals surface area contributed by atoms with Gasteiger partial charge in [-0.2, -0.15) is 5.26 Å². The molecule has 0 spiro atoms. The second-order valence-electron chi connectivity index (χ2n) is 4.50. The van der Waals surface area contributed by atoms with Crippen molar-refractivity contribution in [1.29, 1.82) is 5.26 Å². The smallest absolute Gasteiger partial charge is 0.128 e. The quantitative estimate of drug-likeness (QED) is 0.693. The third-order valence-electron chi connectivity index (χ3n) is 3.20. The summed E-state index contributed by atoms with van der Waals surface area (Å²) < 4.78 is 1.94. The van der Waals surface area contributed by atoms with Crippen LogP contribution in [-0.2, 0) is 6.42 Å².